The molecule has 1 rings (SSSR count). The fourth-order valence-corrected chi connectivity index (χ4v) is 1.18. The summed E-state index contributed by atoms with van der Waals surface area (Å²) in [5.74, 6) is 0. The van der Waals surface area contributed by atoms with E-state index in [9.17, 15) is 0 Å². The van der Waals surface area contributed by atoms with Gasteiger partial charge in [0.2, 0.25) is 0 Å². The Labute approximate surface area is 86.8 Å². The number of nitrogens with zero attached hydrogens (tertiary/aromatic N) is 1. The van der Waals surface area contributed by atoms with Crippen LogP contribution in [0.3, 0.4) is 0 Å². The molecule has 0 atom stereocenters. The van der Waals surface area contributed by atoms with Crippen LogP contribution in [0.1, 0.15) is 18.1 Å². The van der Waals surface area contributed by atoms with E-state index in [2.05, 4.69) is 28.1 Å². The van der Waals surface area contributed by atoms with Crippen molar-refractivity contribution in [1.82, 2.24) is 0 Å². The van der Waals surface area contributed by atoms with Crippen LogP contribution in [0.4, 0.5) is 0 Å². The summed E-state index contributed by atoms with van der Waals surface area (Å²) in [6.45, 7) is 2.05. The molecule has 0 heterocycles. The van der Waals surface area contributed by atoms with Gasteiger partial charge in [-0.1, -0.05) is 39.7 Å². The number of hydrogen-bond acceptors (Lipinski definition) is 1. The van der Waals surface area contributed by atoms with Gasteiger partial charge in [0.25, 0.3) is 0 Å². The van der Waals surface area contributed by atoms with Crippen molar-refractivity contribution in [1.29, 1.82) is 5.26 Å². The molecule has 0 fully saturated rings. The number of alkyl halides is 1. The van der Waals surface area contributed by atoms with Crippen LogP contribution in [0.2, 0.25) is 0 Å². The standard InChI is InChI=1S/C11H10BrN/c1-9(7-12)5-10-3-2-4-11(6-10)8-13/h2-6H,7H2,1H3/b9-5+. The van der Waals surface area contributed by atoms with E-state index in [1.165, 1.54) is 5.57 Å². The van der Waals surface area contributed by atoms with Gasteiger partial charge in [0.15, 0.2) is 0 Å². The lowest BCUT2D eigenvalue weighted by Gasteiger charge is -1.96. The van der Waals surface area contributed by atoms with Gasteiger partial charge < -0.3 is 0 Å². The Balaban J connectivity index is 2.97. The number of hydrogen-bond donors (Lipinski definition) is 0. The predicted octanol–water partition coefficient (Wildman–Crippen LogP) is 3.36. The average molecular weight is 236 g/mol. The second kappa shape index (κ2) is 4.84. The molecule has 0 bridgehead atoms. The minimum absolute atomic E-state index is 0.705. The van der Waals surface area contributed by atoms with Crippen molar-refractivity contribution in [2.24, 2.45) is 0 Å². The summed E-state index contributed by atoms with van der Waals surface area (Å²) in [7, 11) is 0. The first kappa shape index (κ1) is 10.0. The number of nitriles is 1. The summed E-state index contributed by atoms with van der Waals surface area (Å²) in [4.78, 5) is 0. The van der Waals surface area contributed by atoms with Crippen molar-refractivity contribution in [3.05, 3.63) is 41.0 Å². The molecule has 0 amide bonds. The summed E-state index contributed by atoms with van der Waals surface area (Å²) in [5, 5.41) is 9.54. The minimum Gasteiger partial charge on any atom is -0.192 e. The van der Waals surface area contributed by atoms with Gasteiger partial charge in [-0.25, -0.2) is 0 Å². The number of rotatable bonds is 2. The molecule has 0 saturated carbocycles. The summed E-state index contributed by atoms with van der Waals surface area (Å²) in [6.07, 6.45) is 2.07. The third-order valence-electron chi connectivity index (χ3n) is 1.64. The van der Waals surface area contributed by atoms with Gasteiger partial charge in [-0.3, -0.25) is 0 Å². The van der Waals surface area contributed by atoms with Gasteiger partial charge in [-0.15, -0.1) is 0 Å². The van der Waals surface area contributed by atoms with E-state index in [-0.39, 0.29) is 0 Å². The molecule has 0 aromatic heterocycles. The third-order valence-corrected chi connectivity index (χ3v) is 2.52. The maximum absolute atomic E-state index is 8.67. The Morgan fingerprint density at radius 3 is 3.00 bits per heavy atom. The molecular weight excluding hydrogens is 226 g/mol. The molecule has 0 radical (unpaired) electrons. The molecule has 0 aliphatic heterocycles. The van der Waals surface area contributed by atoms with Crippen molar-refractivity contribution in [3.8, 4) is 6.07 Å². The quantitative estimate of drug-likeness (QED) is 0.722. The predicted molar refractivity (Wildman–Crippen MR) is 58.6 cm³/mol. The van der Waals surface area contributed by atoms with E-state index in [0.29, 0.717) is 5.56 Å². The van der Waals surface area contributed by atoms with Gasteiger partial charge in [0, 0.05) is 5.33 Å². The molecule has 0 aliphatic carbocycles. The fraction of sp³-hybridized carbons (Fsp3) is 0.182. The smallest absolute Gasteiger partial charge is 0.0991 e. The Bertz CT molecular complexity index is 361. The van der Waals surface area contributed by atoms with Crippen molar-refractivity contribution in [3.63, 3.8) is 0 Å². The van der Waals surface area contributed by atoms with Gasteiger partial charge in [0.05, 0.1) is 11.6 Å². The number of halogens is 1. The largest absolute Gasteiger partial charge is 0.192 e. The van der Waals surface area contributed by atoms with Crippen LogP contribution in [0, 0.1) is 11.3 Å². The molecule has 2 heteroatoms. The third kappa shape index (κ3) is 3.04. The first-order chi connectivity index (χ1) is 6.26. The molecule has 13 heavy (non-hydrogen) atoms. The van der Waals surface area contributed by atoms with E-state index in [1.807, 2.05) is 25.1 Å². The van der Waals surface area contributed by atoms with E-state index in [4.69, 9.17) is 5.26 Å². The van der Waals surface area contributed by atoms with E-state index >= 15 is 0 Å². The van der Waals surface area contributed by atoms with Crippen molar-refractivity contribution in [2.75, 3.05) is 5.33 Å². The molecule has 0 aliphatic rings. The summed E-state index contributed by atoms with van der Waals surface area (Å²) >= 11 is 3.37. The SMILES string of the molecule is C/C(=C\c1cccc(C#N)c1)CBr. The topological polar surface area (TPSA) is 23.8 Å². The van der Waals surface area contributed by atoms with Crippen molar-refractivity contribution in [2.45, 2.75) is 6.92 Å². The van der Waals surface area contributed by atoms with Crippen molar-refractivity contribution >= 4 is 22.0 Å². The fourth-order valence-electron chi connectivity index (χ4n) is 1.02. The molecule has 66 valence electrons. The first-order valence-electron chi connectivity index (χ1n) is 3.99. The minimum atomic E-state index is 0.705. The van der Waals surface area contributed by atoms with Crippen LogP contribution in [-0.2, 0) is 0 Å². The van der Waals surface area contributed by atoms with Gasteiger partial charge in [-0.2, -0.15) is 5.26 Å². The second-order valence-corrected chi connectivity index (χ2v) is 3.42. The first-order valence-corrected chi connectivity index (χ1v) is 5.11. The summed E-state index contributed by atoms with van der Waals surface area (Å²) < 4.78 is 0. The highest BCUT2D eigenvalue weighted by Crippen LogP contribution is 2.10. The average Bonchev–Trinajstić information content (AvgIpc) is 2.18. The van der Waals surface area contributed by atoms with Crippen LogP contribution in [0.25, 0.3) is 6.08 Å². The van der Waals surface area contributed by atoms with Crippen LogP contribution in [-0.4, -0.2) is 5.33 Å². The van der Waals surface area contributed by atoms with Crippen LogP contribution in [0.5, 0.6) is 0 Å². The molecule has 1 aromatic rings. The maximum atomic E-state index is 8.67. The Morgan fingerprint density at radius 1 is 1.62 bits per heavy atom. The number of allylic oxidation sites excluding steroid dienone is 1. The zero-order chi connectivity index (χ0) is 9.68. The molecule has 0 N–H and O–H groups in total. The zero-order valence-electron chi connectivity index (χ0n) is 7.42. The van der Waals surface area contributed by atoms with Gasteiger partial charge >= 0.3 is 0 Å². The second-order valence-electron chi connectivity index (χ2n) is 2.86. The van der Waals surface area contributed by atoms with Crippen LogP contribution < -0.4 is 0 Å². The molecule has 1 nitrogen and oxygen atoms in total. The summed E-state index contributed by atoms with van der Waals surface area (Å²) in [6, 6.07) is 9.69. The highest BCUT2D eigenvalue weighted by molar-refractivity contribution is 9.09. The Hall–Kier alpha value is -1.07. The number of benzene rings is 1. The van der Waals surface area contributed by atoms with Crippen LogP contribution >= 0.6 is 15.9 Å². The lowest BCUT2D eigenvalue weighted by atomic mass is 10.1. The Kier molecular flexibility index (Phi) is 3.72. The van der Waals surface area contributed by atoms with Crippen LogP contribution in [0.15, 0.2) is 29.8 Å². The van der Waals surface area contributed by atoms with E-state index in [0.717, 1.165) is 10.9 Å². The van der Waals surface area contributed by atoms with Gasteiger partial charge in [0.1, 0.15) is 0 Å². The van der Waals surface area contributed by atoms with Gasteiger partial charge in [-0.05, 0) is 24.6 Å². The highest BCUT2D eigenvalue weighted by Gasteiger charge is 1.92. The Morgan fingerprint density at radius 2 is 2.38 bits per heavy atom. The monoisotopic (exact) mass is 235 g/mol. The lowest BCUT2D eigenvalue weighted by Crippen LogP contribution is -1.79. The molecule has 0 saturated heterocycles. The zero-order valence-corrected chi connectivity index (χ0v) is 9.01. The normalized spacial score (nSPS) is 11.0. The molecule has 1 aromatic carbocycles. The van der Waals surface area contributed by atoms with E-state index in [1.54, 1.807) is 6.07 Å². The van der Waals surface area contributed by atoms with E-state index < -0.39 is 0 Å². The molecule has 0 unspecified atom stereocenters. The van der Waals surface area contributed by atoms with Crippen molar-refractivity contribution < 1.29 is 0 Å². The highest BCUT2D eigenvalue weighted by atomic mass is 79.9. The lowest BCUT2D eigenvalue weighted by molar-refractivity contribution is 1.44. The molecular formula is C11H10BrN. The summed E-state index contributed by atoms with van der Waals surface area (Å²) in [5.41, 5.74) is 3.03. The molecule has 0 spiro atoms. The maximum Gasteiger partial charge on any atom is 0.0991 e.